The highest BCUT2D eigenvalue weighted by molar-refractivity contribution is 9.10. The quantitative estimate of drug-likeness (QED) is 0.936. The normalized spacial score (nSPS) is 12.3. The molecule has 0 fully saturated rings. The Balaban J connectivity index is 2.16. The minimum absolute atomic E-state index is 0.144. The lowest BCUT2D eigenvalue weighted by molar-refractivity contribution is 0.0661. The van der Waals surface area contributed by atoms with Crippen LogP contribution in [0.25, 0.3) is 0 Å². The van der Waals surface area contributed by atoms with Crippen LogP contribution in [0.1, 0.15) is 16.3 Å². The molecule has 1 atom stereocenters. The van der Waals surface area contributed by atoms with Crippen LogP contribution in [-0.2, 0) is 16.6 Å². The van der Waals surface area contributed by atoms with Crippen LogP contribution in [0.3, 0.4) is 0 Å². The van der Waals surface area contributed by atoms with Crippen LogP contribution in [0, 0.1) is 0 Å². The van der Waals surface area contributed by atoms with E-state index in [1.165, 1.54) is 12.1 Å². The summed E-state index contributed by atoms with van der Waals surface area (Å²) in [5.41, 5.74) is 0. The Labute approximate surface area is 114 Å². The Morgan fingerprint density at radius 3 is 2.61 bits per heavy atom. The molecule has 0 bridgehead atoms. The molecule has 0 saturated carbocycles. The van der Waals surface area contributed by atoms with Crippen LogP contribution >= 0.6 is 15.9 Å². The van der Waals surface area contributed by atoms with Crippen molar-refractivity contribution in [1.29, 1.82) is 0 Å². The van der Waals surface area contributed by atoms with Crippen molar-refractivity contribution in [1.82, 2.24) is 0 Å². The topological polar surface area (TPSA) is 67.5 Å². The Hall–Kier alpha value is -1.40. The third-order valence-electron chi connectivity index (χ3n) is 2.23. The Morgan fingerprint density at radius 1 is 1.28 bits per heavy atom. The summed E-state index contributed by atoms with van der Waals surface area (Å²) in [5, 5.41) is 8.72. The van der Waals surface area contributed by atoms with Crippen LogP contribution in [0.15, 0.2) is 50.2 Å². The predicted octanol–water partition coefficient (Wildman–Crippen LogP) is 3.05. The first kappa shape index (κ1) is 13.0. The molecule has 0 spiro atoms. The van der Waals surface area contributed by atoms with E-state index in [1.54, 1.807) is 18.2 Å². The summed E-state index contributed by atoms with van der Waals surface area (Å²) in [6, 6.07) is 10.1. The van der Waals surface area contributed by atoms with Gasteiger partial charge in [0.05, 0.1) is 21.4 Å². The molecule has 2 aromatic rings. The third-order valence-corrected chi connectivity index (χ3v) is 4.57. The molecule has 0 aliphatic rings. The highest BCUT2D eigenvalue weighted by Crippen LogP contribution is 2.22. The molecule has 0 amide bonds. The van der Waals surface area contributed by atoms with Crippen molar-refractivity contribution in [2.75, 3.05) is 0 Å². The van der Waals surface area contributed by atoms with Crippen LogP contribution in [0.4, 0.5) is 0 Å². The van der Waals surface area contributed by atoms with E-state index in [9.17, 15) is 9.00 Å². The number of carboxylic acids is 1. The van der Waals surface area contributed by atoms with Gasteiger partial charge in [0.1, 0.15) is 5.76 Å². The van der Waals surface area contributed by atoms with Gasteiger partial charge in [0, 0.05) is 4.47 Å². The van der Waals surface area contributed by atoms with Crippen molar-refractivity contribution in [2.45, 2.75) is 10.6 Å². The van der Waals surface area contributed by atoms with Gasteiger partial charge in [-0.2, -0.15) is 0 Å². The van der Waals surface area contributed by atoms with Gasteiger partial charge >= 0.3 is 5.97 Å². The number of furan rings is 1. The molecule has 94 valence electrons. The highest BCUT2D eigenvalue weighted by atomic mass is 79.9. The fraction of sp³-hybridized carbons (Fsp3) is 0.0833. The number of rotatable bonds is 4. The zero-order valence-corrected chi connectivity index (χ0v) is 11.5. The summed E-state index contributed by atoms with van der Waals surface area (Å²) >= 11 is 3.32. The molecule has 6 heteroatoms. The fourth-order valence-electron chi connectivity index (χ4n) is 1.41. The van der Waals surface area contributed by atoms with Crippen molar-refractivity contribution in [3.05, 3.63) is 52.4 Å². The van der Waals surface area contributed by atoms with Crippen LogP contribution in [-0.4, -0.2) is 15.3 Å². The molecule has 0 radical (unpaired) electrons. The summed E-state index contributed by atoms with van der Waals surface area (Å²) in [6.45, 7) is 0. The van der Waals surface area contributed by atoms with Crippen molar-refractivity contribution in [3.63, 3.8) is 0 Å². The number of aromatic carboxylic acids is 1. The van der Waals surface area contributed by atoms with Gasteiger partial charge in [-0.25, -0.2) is 4.79 Å². The van der Waals surface area contributed by atoms with Crippen molar-refractivity contribution >= 4 is 32.7 Å². The van der Waals surface area contributed by atoms with Crippen molar-refractivity contribution < 1.29 is 18.5 Å². The number of halogens is 1. The number of hydrogen-bond donors (Lipinski definition) is 1. The average Bonchev–Trinajstić information content (AvgIpc) is 2.78. The summed E-state index contributed by atoms with van der Waals surface area (Å²) in [7, 11) is -1.28. The van der Waals surface area contributed by atoms with Gasteiger partial charge in [0.2, 0.25) is 5.76 Å². The summed E-state index contributed by atoms with van der Waals surface area (Å²) < 4.78 is 17.9. The van der Waals surface area contributed by atoms with Crippen LogP contribution in [0.2, 0.25) is 0 Å². The number of hydrogen-bond acceptors (Lipinski definition) is 3. The van der Waals surface area contributed by atoms with Gasteiger partial charge in [-0.15, -0.1) is 0 Å². The number of carbonyl (C=O) groups is 1. The van der Waals surface area contributed by atoms with E-state index in [1.807, 2.05) is 6.07 Å². The molecule has 2 rings (SSSR count). The highest BCUT2D eigenvalue weighted by Gasteiger charge is 2.13. The largest absolute Gasteiger partial charge is 0.475 e. The van der Waals surface area contributed by atoms with Gasteiger partial charge in [-0.3, -0.25) is 4.21 Å². The lowest BCUT2D eigenvalue weighted by Gasteiger charge is -2.02. The lowest BCUT2D eigenvalue weighted by atomic mass is 10.4. The smallest absolute Gasteiger partial charge is 0.371 e. The molecule has 1 aromatic carbocycles. The molecule has 18 heavy (non-hydrogen) atoms. The van der Waals surface area contributed by atoms with E-state index < -0.39 is 16.8 Å². The van der Waals surface area contributed by atoms with E-state index in [-0.39, 0.29) is 11.5 Å². The molecule has 1 unspecified atom stereocenters. The van der Waals surface area contributed by atoms with E-state index >= 15 is 0 Å². The molecular formula is C12H9BrO4S. The molecule has 1 heterocycles. The molecule has 1 N–H and O–H groups in total. The fourth-order valence-corrected chi connectivity index (χ4v) is 3.32. The Bertz CT molecular complexity index is 606. The summed E-state index contributed by atoms with van der Waals surface area (Å²) in [4.78, 5) is 11.3. The standard InChI is InChI=1S/C12H9BrO4S/c13-9-3-1-2-4-11(9)18(16)7-8-5-6-10(17-8)12(14)15/h1-6H,7H2,(H,14,15). The average molecular weight is 329 g/mol. The van der Waals surface area contributed by atoms with Gasteiger partial charge in [-0.1, -0.05) is 12.1 Å². The third kappa shape index (κ3) is 2.88. The van der Waals surface area contributed by atoms with E-state index in [4.69, 9.17) is 9.52 Å². The van der Waals surface area contributed by atoms with Gasteiger partial charge < -0.3 is 9.52 Å². The van der Waals surface area contributed by atoms with E-state index in [0.29, 0.717) is 10.7 Å². The molecule has 4 nitrogen and oxygen atoms in total. The Morgan fingerprint density at radius 2 is 2.00 bits per heavy atom. The second-order valence-corrected chi connectivity index (χ2v) is 5.77. The minimum Gasteiger partial charge on any atom is -0.475 e. The molecular weight excluding hydrogens is 320 g/mol. The SMILES string of the molecule is O=C(O)c1ccc(CS(=O)c2ccccc2Br)o1. The second-order valence-electron chi connectivity index (χ2n) is 3.49. The lowest BCUT2D eigenvalue weighted by Crippen LogP contribution is -1.97. The van der Waals surface area contributed by atoms with Crippen LogP contribution < -0.4 is 0 Å². The summed E-state index contributed by atoms with van der Waals surface area (Å²) in [5.74, 6) is -0.737. The van der Waals surface area contributed by atoms with Crippen molar-refractivity contribution in [3.8, 4) is 0 Å². The van der Waals surface area contributed by atoms with Gasteiger partial charge in [-0.05, 0) is 40.2 Å². The maximum Gasteiger partial charge on any atom is 0.371 e. The summed E-state index contributed by atoms with van der Waals surface area (Å²) in [6.07, 6.45) is 0. The molecule has 0 aliphatic heterocycles. The van der Waals surface area contributed by atoms with E-state index in [2.05, 4.69) is 15.9 Å². The number of carboxylic acid groups (broad SMARTS) is 1. The number of benzene rings is 1. The zero-order chi connectivity index (χ0) is 13.1. The van der Waals surface area contributed by atoms with Crippen molar-refractivity contribution in [2.24, 2.45) is 0 Å². The maximum atomic E-state index is 12.1. The predicted molar refractivity (Wildman–Crippen MR) is 69.9 cm³/mol. The second kappa shape index (κ2) is 5.49. The first-order valence-electron chi connectivity index (χ1n) is 5.03. The van der Waals surface area contributed by atoms with Crippen LogP contribution in [0.5, 0.6) is 0 Å². The molecule has 1 aromatic heterocycles. The maximum absolute atomic E-state index is 12.1. The van der Waals surface area contributed by atoms with E-state index in [0.717, 1.165) is 4.47 Å². The first-order valence-corrected chi connectivity index (χ1v) is 7.14. The first-order chi connectivity index (χ1) is 8.58. The van der Waals surface area contributed by atoms with Gasteiger partial charge in [0.15, 0.2) is 0 Å². The minimum atomic E-state index is -1.28. The molecule has 0 saturated heterocycles. The van der Waals surface area contributed by atoms with Gasteiger partial charge in [0.25, 0.3) is 0 Å². The zero-order valence-electron chi connectivity index (χ0n) is 9.13. The molecule has 0 aliphatic carbocycles. The monoisotopic (exact) mass is 328 g/mol. The Kier molecular flexibility index (Phi) is 3.98.